The fourth-order valence-corrected chi connectivity index (χ4v) is 2.44. The first-order valence-electron chi connectivity index (χ1n) is 6.97. The number of rotatable bonds is 2. The zero-order valence-electron chi connectivity index (χ0n) is 12.1. The fourth-order valence-electron chi connectivity index (χ4n) is 2.44. The Kier molecular flexibility index (Phi) is 3.43. The molecule has 3 rings (SSSR count). The van der Waals surface area contributed by atoms with Gasteiger partial charge in [-0.2, -0.15) is 0 Å². The molecule has 0 aliphatic heterocycles. The number of aryl methyl sites for hydroxylation is 1. The number of pyridine rings is 1. The van der Waals surface area contributed by atoms with Gasteiger partial charge in [-0.25, -0.2) is 4.39 Å². The van der Waals surface area contributed by atoms with E-state index in [1.54, 1.807) is 6.07 Å². The van der Waals surface area contributed by atoms with Crippen LogP contribution in [0.3, 0.4) is 0 Å². The number of aromatic nitrogens is 1. The summed E-state index contributed by atoms with van der Waals surface area (Å²) < 4.78 is 14.1. The van der Waals surface area contributed by atoms with E-state index in [0.717, 1.165) is 27.7 Å². The minimum atomic E-state index is -0.237. The Hall–Kier alpha value is -2.26. The van der Waals surface area contributed by atoms with Crippen LogP contribution in [0.25, 0.3) is 22.0 Å². The summed E-state index contributed by atoms with van der Waals surface area (Å²) in [5, 5.41) is 1.00. The van der Waals surface area contributed by atoms with Gasteiger partial charge in [0.2, 0.25) is 0 Å². The molecule has 3 heteroatoms. The largest absolute Gasteiger partial charge is 0.324 e. The predicted molar refractivity (Wildman–Crippen MR) is 84.5 cm³/mol. The number of halogens is 1. The van der Waals surface area contributed by atoms with E-state index in [1.807, 2.05) is 50.2 Å². The smallest absolute Gasteiger partial charge is 0.131 e. The summed E-state index contributed by atoms with van der Waals surface area (Å²) >= 11 is 0. The number of benzene rings is 2. The molecule has 1 aromatic heterocycles. The lowest BCUT2D eigenvalue weighted by Crippen LogP contribution is -2.05. The summed E-state index contributed by atoms with van der Waals surface area (Å²) in [6, 6.07) is 14.7. The van der Waals surface area contributed by atoms with Crippen LogP contribution in [0.4, 0.5) is 4.39 Å². The number of nitrogens with two attached hydrogens (primary N) is 1. The maximum atomic E-state index is 14.1. The van der Waals surface area contributed by atoms with Crippen LogP contribution in [0.5, 0.6) is 0 Å². The molecule has 1 heterocycles. The number of nitrogens with zero attached hydrogens (tertiary/aromatic N) is 1. The Morgan fingerprint density at radius 3 is 2.62 bits per heavy atom. The molecular weight excluding hydrogens is 263 g/mol. The zero-order chi connectivity index (χ0) is 15.0. The molecule has 0 aliphatic rings. The summed E-state index contributed by atoms with van der Waals surface area (Å²) in [5.74, 6) is -0.237. The SMILES string of the molecule is Cc1ccc2cc(-c3cc(C(C)N)ccc3F)ccc2n1. The molecule has 1 atom stereocenters. The van der Waals surface area contributed by atoms with E-state index in [0.29, 0.717) is 5.56 Å². The molecule has 0 fully saturated rings. The third kappa shape index (κ3) is 2.65. The van der Waals surface area contributed by atoms with Gasteiger partial charge in [-0.3, -0.25) is 4.98 Å². The first-order chi connectivity index (χ1) is 10.0. The topological polar surface area (TPSA) is 38.9 Å². The Balaban J connectivity index is 2.16. The molecule has 2 nitrogen and oxygen atoms in total. The van der Waals surface area contributed by atoms with Crippen molar-refractivity contribution in [3.8, 4) is 11.1 Å². The Morgan fingerprint density at radius 1 is 1.05 bits per heavy atom. The highest BCUT2D eigenvalue weighted by Crippen LogP contribution is 2.28. The highest BCUT2D eigenvalue weighted by Gasteiger charge is 2.09. The van der Waals surface area contributed by atoms with E-state index in [9.17, 15) is 4.39 Å². The second-order valence-electron chi connectivity index (χ2n) is 5.39. The first kappa shape index (κ1) is 13.7. The zero-order valence-corrected chi connectivity index (χ0v) is 12.1. The third-order valence-electron chi connectivity index (χ3n) is 3.66. The summed E-state index contributed by atoms with van der Waals surface area (Å²) in [6.45, 7) is 3.85. The maximum absolute atomic E-state index is 14.1. The highest BCUT2D eigenvalue weighted by molar-refractivity contribution is 5.84. The molecule has 21 heavy (non-hydrogen) atoms. The molecule has 0 spiro atoms. The van der Waals surface area contributed by atoms with E-state index in [2.05, 4.69) is 4.98 Å². The molecule has 0 bridgehead atoms. The van der Waals surface area contributed by atoms with Crippen molar-refractivity contribution < 1.29 is 4.39 Å². The Morgan fingerprint density at radius 2 is 1.86 bits per heavy atom. The molecule has 106 valence electrons. The van der Waals surface area contributed by atoms with Gasteiger partial charge in [0, 0.05) is 22.7 Å². The molecule has 3 aromatic rings. The lowest BCUT2D eigenvalue weighted by molar-refractivity contribution is 0.629. The van der Waals surface area contributed by atoms with Gasteiger partial charge >= 0.3 is 0 Å². The normalized spacial score (nSPS) is 12.6. The molecule has 0 amide bonds. The fraction of sp³-hybridized carbons (Fsp3) is 0.167. The lowest BCUT2D eigenvalue weighted by Gasteiger charge is -2.10. The molecule has 0 aliphatic carbocycles. The highest BCUT2D eigenvalue weighted by atomic mass is 19.1. The lowest BCUT2D eigenvalue weighted by atomic mass is 9.98. The van der Waals surface area contributed by atoms with Crippen molar-refractivity contribution in [1.82, 2.24) is 4.98 Å². The molecule has 1 unspecified atom stereocenters. The second-order valence-corrected chi connectivity index (χ2v) is 5.39. The van der Waals surface area contributed by atoms with Gasteiger partial charge in [-0.15, -0.1) is 0 Å². The van der Waals surface area contributed by atoms with Crippen LogP contribution in [0, 0.1) is 12.7 Å². The van der Waals surface area contributed by atoms with Gasteiger partial charge in [-0.05, 0) is 55.3 Å². The van der Waals surface area contributed by atoms with Gasteiger partial charge < -0.3 is 5.73 Å². The number of fused-ring (bicyclic) bond motifs is 1. The van der Waals surface area contributed by atoms with Gasteiger partial charge in [-0.1, -0.05) is 18.2 Å². The Bertz CT molecular complexity index is 809. The third-order valence-corrected chi connectivity index (χ3v) is 3.66. The average molecular weight is 280 g/mol. The Labute approximate surface area is 123 Å². The second kappa shape index (κ2) is 5.26. The van der Waals surface area contributed by atoms with Crippen molar-refractivity contribution >= 4 is 10.9 Å². The van der Waals surface area contributed by atoms with Crippen LogP contribution in [-0.2, 0) is 0 Å². The molecule has 0 radical (unpaired) electrons. The maximum Gasteiger partial charge on any atom is 0.131 e. The van der Waals surface area contributed by atoms with Gasteiger partial charge in [0.05, 0.1) is 5.52 Å². The van der Waals surface area contributed by atoms with Crippen LogP contribution in [0.15, 0.2) is 48.5 Å². The standard InChI is InChI=1S/C18H17FN2/c1-11-3-4-15-9-14(6-8-18(15)21-11)16-10-13(12(2)20)5-7-17(16)19/h3-10,12H,20H2,1-2H3. The van der Waals surface area contributed by atoms with Crippen molar-refractivity contribution in [3.05, 3.63) is 65.6 Å². The summed E-state index contributed by atoms with van der Waals surface area (Å²) in [5.41, 5.74) is 10.1. The monoisotopic (exact) mass is 280 g/mol. The van der Waals surface area contributed by atoms with E-state index in [1.165, 1.54) is 6.07 Å². The van der Waals surface area contributed by atoms with Crippen LogP contribution in [0.1, 0.15) is 24.2 Å². The number of hydrogen-bond acceptors (Lipinski definition) is 2. The summed E-state index contributed by atoms with van der Waals surface area (Å²) in [4.78, 5) is 4.46. The summed E-state index contributed by atoms with van der Waals surface area (Å²) in [6.07, 6.45) is 0. The van der Waals surface area contributed by atoms with Gasteiger partial charge in [0.25, 0.3) is 0 Å². The molecule has 2 aromatic carbocycles. The van der Waals surface area contributed by atoms with E-state index in [-0.39, 0.29) is 11.9 Å². The molecule has 2 N–H and O–H groups in total. The molecular formula is C18H17FN2. The average Bonchev–Trinajstić information content (AvgIpc) is 2.47. The summed E-state index contributed by atoms with van der Waals surface area (Å²) in [7, 11) is 0. The van der Waals surface area contributed by atoms with Crippen molar-refractivity contribution in [2.75, 3.05) is 0 Å². The minimum absolute atomic E-state index is 0.117. The van der Waals surface area contributed by atoms with Crippen LogP contribution in [0.2, 0.25) is 0 Å². The first-order valence-corrected chi connectivity index (χ1v) is 6.97. The quantitative estimate of drug-likeness (QED) is 0.757. The molecule has 0 saturated heterocycles. The van der Waals surface area contributed by atoms with E-state index < -0.39 is 0 Å². The van der Waals surface area contributed by atoms with Crippen LogP contribution < -0.4 is 5.73 Å². The van der Waals surface area contributed by atoms with Gasteiger partial charge in [0.1, 0.15) is 5.82 Å². The van der Waals surface area contributed by atoms with Crippen molar-refractivity contribution in [2.24, 2.45) is 5.73 Å². The number of hydrogen-bond donors (Lipinski definition) is 1. The van der Waals surface area contributed by atoms with Crippen LogP contribution in [-0.4, -0.2) is 4.98 Å². The van der Waals surface area contributed by atoms with E-state index >= 15 is 0 Å². The molecule has 0 saturated carbocycles. The van der Waals surface area contributed by atoms with E-state index in [4.69, 9.17) is 5.73 Å². The van der Waals surface area contributed by atoms with Crippen molar-refractivity contribution in [2.45, 2.75) is 19.9 Å². The van der Waals surface area contributed by atoms with Crippen molar-refractivity contribution in [3.63, 3.8) is 0 Å². The predicted octanol–water partition coefficient (Wildman–Crippen LogP) is 4.37. The van der Waals surface area contributed by atoms with Gasteiger partial charge in [0.15, 0.2) is 0 Å². The van der Waals surface area contributed by atoms with Crippen molar-refractivity contribution in [1.29, 1.82) is 0 Å². The minimum Gasteiger partial charge on any atom is -0.324 e. The van der Waals surface area contributed by atoms with Crippen LogP contribution >= 0.6 is 0 Å².